The first kappa shape index (κ1) is 17.3. The fraction of sp³-hybridized carbons (Fsp3) is 0.400. The zero-order valence-corrected chi connectivity index (χ0v) is 12.6. The number of aryl methyl sites for hydroxylation is 1. The molecule has 0 bridgehead atoms. The smallest absolute Gasteiger partial charge is 0.434 e. The number of imidazole rings is 1. The van der Waals surface area contributed by atoms with E-state index in [1.54, 1.807) is 6.92 Å². The molecule has 2 aromatic rings. The maximum Gasteiger partial charge on any atom is 0.434 e. The highest BCUT2D eigenvalue weighted by molar-refractivity contribution is 5.66. The molecule has 0 radical (unpaired) electrons. The summed E-state index contributed by atoms with van der Waals surface area (Å²) in [5.41, 5.74) is -0.991. The van der Waals surface area contributed by atoms with Crippen molar-refractivity contribution in [1.29, 1.82) is 0 Å². The van der Waals surface area contributed by atoms with Crippen LogP contribution in [-0.4, -0.2) is 21.8 Å². The minimum atomic E-state index is -4.62. The molecular formula is C15H16F4N2O2. The Labute approximate surface area is 130 Å². The minimum Gasteiger partial charge on any atom is -0.496 e. The maximum atomic E-state index is 14.4. The summed E-state index contributed by atoms with van der Waals surface area (Å²) in [6.45, 7) is 1.63. The van der Waals surface area contributed by atoms with Crippen molar-refractivity contribution < 1.29 is 27.4 Å². The number of nitrogens with zero attached hydrogens (tertiary/aromatic N) is 2. The number of hydrogen-bond donors (Lipinski definition) is 1. The third-order valence-electron chi connectivity index (χ3n) is 3.27. The van der Waals surface area contributed by atoms with Crippen molar-refractivity contribution in [2.45, 2.75) is 32.7 Å². The predicted octanol–water partition coefficient (Wildman–Crippen LogP) is 3.62. The Morgan fingerprint density at radius 3 is 2.52 bits per heavy atom. The average molecular weight is 332 g/mol. The summed E-state index contributed by atoms with van der Waals surface area (Å²) < 4.78 is 59.4. The predicted molar refractivity (Wildman–Crippen MR) is 75.4 cm³/mol. The van der Waals surface area contributed by atoms with Gasteiger partial charge in [-0.3, -0.25) is 0 Å². The summed E-state index contributed by atoms with van der Waals surface area (Å²) >= 11 is 0. The molecule has 1 heterocycles. The van der Waals surface area contributed by atoms with Crippen molar-refractivity contribution in [2.24, 2.45) is 0 Å². The lowest BCUT2D eigenvalue weighted by Crippen LogP contribution is -2.05. The molecule has 0 saturated heterocycles. The van der Waals surface area contributed by atoms with Gasteiger partial charge < -0.3 is 14.4 Å². The van der Waals surface area contributed by atoms with Gasteiger partial charge in [0.2, 0.25) is 0 Å². The Morgan fingerprint density at radius 1 is 1.30 bits per heavy atom. The number of ether oxygens (including phenoxy) is 1. The normalized spacial score (nSPS) is 11.8. The zero-order chi connectivity index (χ0) is 17.2. The van der Waals surface area contributed by atoms with Gasteiger partial charge in [0.15, 0.2) is 5.69 Å². The van der Waals surface area contributed by atoms with Crippen LogP contribution in [0, 0.1) is 5.82 Å². The van der Waals surface area contributed by atoms with Gasteiger partial charge in [0.1, 0.15) is 17.4 Å². The summed E-state index contributed by atoms with van der Waals surface area (Å²) in [6, 6.07) is 2.42. The number of benzene rings is 1. The van der Waals surface area contributed by atoms with E-state index in [1.807, 2.05) is 0 Å². The standard InChI is InChI=1S/C15H16F4N2O2/c1-3-4-21-7-12(15(17,18)19)20-14(21)13-10(16)5-9(8-22)6-11(13)23-2/h5-7,22H,3-4,8H2,1-2H3. The lowest BCUT2D eigenvalue weighted by Gasteiger charge is -2.12. The van der Waals surface area contributed by atoms with Gasteiger partial charge in [-0.15, -0.1) is 0 Å². The van der Waals surface area contributed by atoms with E-state index in [0.29, 0.717) is 6.42 Å². The van der Waals surface area contributed by atoms with Crippen LogP contribution in [0.3, 0.4) is 0 Å². The van der Waals surface area contributed by atoms with E-state index in [2.05, 4.69) is 4.98 Å². The Kier molecular flexibility index (Phi) is 4.93. The van der Waals surface area contributed by atoms with Crippen molar-refractivity contribution in [3.05, 3.63) is 35.4 Å². The van der Waals surface area contributed by atoms with E-state index in [-0.39, 0.29) is 29.2 Å². The van der Waals surface area contributed by atoms with Gasteiger partial charge in [-0.05, 0) is 24.1 Å². The van der Waals surface area contributed by atoms with Crippen LogP contribution in [0.25, 0.3) is 11.4 Å². The molecule has 0 fully saturated rings. The van der Waals surface area contributed by atoms with Crippen molar-refractivity contribution in [3.63, 3.8) is 0 Å². The highest BCUT2D eigenvalue weighted by atomic mass is 19.4. The molecule has 126 valence electrons. The highest BCUT2D eigenvalue weighted by Crippen LogP contribution is 2.36. The van der Waals surface area contributed by atoms with E-state index in [4.69, 9.17) is 9.84 Å². The summed E-state index contributed by atoms with van der Waals surface area (Å²) in [5, 5.41) is 9.10. The highest BCUT2D eigenvalue weighted by Gasteiger charge is 2.35. The van der Waals surface area contributed by atoms with E-state index in [9.17, 15) is 17.6 Å². The summed E-state index contributed by atoms with van der Waals surface area (Å²) in [5.74, 6) is -0.936. The molecule has 1 N–H and O–H groups in total. The Hall–Kier alpha value is -2.09. The number of alkyl halides is 3. The molecule has 0 atom stereocenters. The summed E-state index contributed by atoms with van der Waals surface area (Å²) in [6.07, 6.45) is -3.21. The van der Waals surface area contributed by atoms with Crippen LogP contribution in [-0.2, 0) is 19.3 Å². The lowest BCUT2D eigenvalue weighted by molar-refractivity contribution is -0.140. The molecule has 2 rings (SSSR count). The van der Waals surface area contributed by atoms with Gasteiger partial charge in [0, 0.05) is 12.7 Å². The molecular weight excluding hydrogens is 316 g/mol. The van der Waals surface area contributed by atoms with E-state index in [0.717, 1.165) is 12.3 Å². The molecule has 0 aliphatic carbocycles. The molecule has 0 unspecified atom stereocenters. The Morgan fingerprint density at radius 2 is 2.00 bits per heavy atom. The van der Waals surface area contributed by atoms with E-state index < -0.39 is 24.3 Å². The fourth-order valence-electron chi connectivity index (χ4n) is 2.27. The molecule has 4 nitrogen and oxygen atoms in total. The number of hydrogen-bond acceptors (Lipinski definition) is 3. The van der Waals surface area contributed by atoms with Gasteiger partial charge in [-0.2, -0.15) is 13.2 Å². The summed E-state index contributed by atoms with van der Waals surface area (Å²) in [7, 11) is 1.27. The van der Waals surface area contributed by atoms with Crippen LogP contribution in [0.5, 0.6) is 5.75 Å². The quantitative estimate of drug-likeness (QED) is 0.851. The second-order valence-electron chi connectivity index (χ2n) is 4.95. The second kappa shape index (κ2) is 6.57. The molecule has 1 aromatic carbocycles. The monoisotopic (exact) mass is 332 g/mol. The van der Waals surface area contributed by atoms with Gasteiger partial charge in [-0.25, -0.2) is 9.37 Å². The number of methoxy groups -OCH3 is 1. The Balaban J connectivity index is 2.67. The van der Waals surface area contributed by atoms with Crippen LogP contribution in [0.1, 0.15) is 24.6 Å². The van der Waals surface area contributed by atoms with Crippen molar-refractivity contribution >= 4 is 0 Å². The van der Waals surface area contributed by atoms with Crippen LogP contribution in [0.4, 0.5) is 17.6 Å². The van der Waals surface area contributed by atoms with Gasteiger partial charge in [-0.1, -0.05) is 6.92 Å². The van der Waals surface area contributed by atoms with Gasteiger partial charge >= 0.3 is 6.18 Å². The summed E-state index contributed by atoms with van der Waals surface area (Å²) in [4.78, 5) is 3.55. The molecule has 0 saturated carbocycles. The largest absolute Gasteiger partial charge is 0.496 e. The second-order valence-corrected chi connectivity index (χ2v) is 4.95. The number of aliphatic hydroxyl groups excluding tert-OH is 1. The first-order chi connectivity index (χ1) is 10.8. The van der Waals surface area contributed by atoms with Crippen LogP contribution in [0.2, 0.25) is 0 Å². The fourth-order valence-corrected chi connectivity index (χ4v) is 2.27. The number of halogens is 4. The third kappa shape index (κ3) is 3.47. The van der Waals surface area contributed by atoms with Crippen molar-refractivity contribution in [1.82, 2.24) is 9.55 Å². The van der Waals surface area contributed by atoms with E-state index in [1.165, 1.54) is 17.7 Å². The minimum absolute atomic E-state index is 0.0192. The third-order valence-corrected chi connectivity index (χ3v) is 3.27. The molecule has 1 aromatic heterocycles. The first-order valence-corrected chi connectivity index (χ1v) is 6.93. The van der Waals surface area contributed by atoms with Crippen molar-refractivity contribution in [3.8, 4) is 17.1 Å². The van der Waals surface area contributed by atoms with Gasteiger partial charge in [0.05, 0.1) is 19.3 Å². The topological polar surface area (TPSA) is 47.3 Å². The maximum absolute atomic E-state index is 14.4. The average Bonchev–Trinajstić information content (AvgIpc) is 2.90. The number of aromatic nitrogens is 2. The molecule has 0 amide bonds. The van der Waals surface area contributed by atoms with Crippen LogP contribution >= 0.6 is 0 Å². The Bertz CT molecular complexity index is 696. The van der Waals surface area contributed by atoms with Gasteiger partial charge in [0.25, 0.3) is 0 Å². The van der Waals surface area contributed by atoms with Crippen LogP contribution < -0.4 is 4.74 Å². The molecule has 23 heavy (non-hydrogen) atoms. The molecule has 0 spiro atoms. The number of rotatable bonds is 5. The number of aliphatic hydroxyl groups is 1. The molecule has 0 aliphatic heterocycles. The first-order valence-electron chi connectivity index (χ1n) is 6.93. The molecule has 8 heteroatoms. The van der Waals surface area contributed by atoms with E-state index >= 15 is 0 Å². The zero-order valence-electron chi connectivity index (χ0n) is 12.6. The lowest BCUT2D eigenvalue weighted by atomic mass is 10.1. The van der Waals surface area contributed by atoms with Crippen LogP contribution in [0.15, 0.2) is 18.3 Å². The SMILES string of the molecule is CCCn1cc(C(F)(F)F)nc1-c1c(F)cc(CO)cc1OC. The van der Waals surface area contributed by atoms with Crippen molar-refractivity contribution in [2.75, 3.05) is 7.11 Å². The molecule has 0 aliphatic rings.